The molecule has 64 valence electrons. The van der Waals surface area contributed by atoms with Crippen molar-refractivity contribution in [3.05, 3.63) is 11.6 Å². The van der Waals surface area contributed by atoms with Crippen molar-refractivity contribution in [1.82, 2.24) is 0 Å². The smallest absolute Gasteiger partial charge is 0.00425 e. The predicted octanol–water partition coefficient (Wildman–Crippen LogP) is 2.47. The lowest BCUT2D eigenvalue weighted by Gasteiger charge is -2.07. The van der Waals surface area contributed by atoms with Gasteiger partial charge in [0.15, 0.2) is 0 Å². The summed E-state index contributed by atoms with van der Waals surface area (Å²) in [5.74, 6) is 0.890. The minimum absolute atomic E-state index is 0.805. The Labute approximate surface area is 69.7 Å². The molecule has 1 unspecified atom stereocenters. The van der Waals surface area contributed by atoms with Gasteiger partial charge >= 0.3 is 0 Å². The van der Waals surface area contributed by atoms with Crippen molar-refractivity contribution in [2.75, 3.05) is 6.54 Å². The van der Waals surface area contributed by atoms with E-state index < -0.39 is 0 Å². The molecule has 0 spiro atoms. The molecule has 1 atom stereocenters. The summed E-state index contributed by atoms with van der Waals surface area (Å²) >= 11 is 0. The van der Waals surface area contributed by atoms with E-state index in [1.54, 1.807) is 5.57 Å². The largest absolute Gasteiger partial charge is 0.330 e. The molecule has 1 heteroatoms. The Bertz CT molecular complexity index is 138. The van der Waals surface area contributed by atoms with Gasteiger partial charge in [-0.3, -0.25) is 0 Å². The molecule has 1 aliphatic rings. The molecule has 1 saturated carbocycles. The molecule has 0 aromatic rings. The first-order valence-electron chi connectivity index (χ1n) is 4.77. The molecule has 0 aliphatic heterocycles. The lowest BCUT2D eigenvalue weighted by Crippen LogP contribution is -1.98. The zero-order valence-electron chi connectivity index (χ0n) is 7.47. The first kappa shape index (κ1) is 8.79. The highest BCUT2D eigenvalue weighted by atomic mass is 14.5. The highest BCUT2D eigenvalue weighted by Gasteiger charge is 2.17. The molecule has 0 amide bonds. The monoisotopic (exact) mass is 153 g/mol. The highest BCUT2D eigenvalue weighted by molar-refractivity contribution is 5.10. The van der Waals surface area contributed by atoms with Gasteiger partial charge in [0.2, 0.25) is 0 Å². The Balaban J connectivity index is 2.42. The standard InChI is InChI=1S/C10H19N/c1-2-9-5-3-6-10(9)7-4-8-11/h7,9H,2-6,8,11H2,1H3/b10-7+. The fourth-order valence-electron chi connectivity index (χ4n) is 1.95. The van der Waals surface area contributed by atoms with Gasteiger partial charge in [0, 0.05) is 0 Å². The number of nitrogens with two attached hydrogens (primary N) is 1. The fraction of sp³-hybridized carbons (Fsp3) is 0.800. The summed E-state index contributed by atoms with van der Waals surface area (Å²) in [6.45, 7) is 3.09. The van der Waals surface area contributed by atoms with E-state index >= 15 is 0 Å². The molecule has 0 radical (unpaired) electrons. The summed E-state index contributed by atoms with van der Waals surface area (Å²) in [4.78, 5) is 0. The molecule has 11 heavy (non-hydrogen) atoms. The third-order valence-corrected chi connectivity index (χ3v) is 2.61. The average Bonchev–Trinajstić information content (AvgIpc) is 2.47. The highest BCUT2D eigenvalue weighted by Crippen LogP contribution is 2.33. The van der Waals surface area contributed by atoms with Gasteiger partial charge in [0.25, 0.3) is 0 Å². The van der Waals surface area contributed by atoms with Crippen molar-refractivity contribution in [2.45, 2.75) is 39.0 Å². The molecular formula is C10H19N. The van der Waals surface area contributed by atoms with Gasteiger partial charge in [0.05, 0.1) is 0 Å². The first-order chi connectivity index (χ1) is 5.38. The van der Waals surface area contributed by atoms with Gasteiger partial charge in [-0.1, -0.05) is 18.6 Å². The second-order valence-corrected chi connectivity index (χ2v) is 3.35. The van der Waals surface area contributed by atoms with E-state index in [1.807, 2.05) is 0 Å². The van der Waals surface area contributed by atoms with Gasteiger partial charge in [-0.2, -0.15) is 0 Å². The van der Waals surface area contributed by atoms with E-state index in [1.165, 1.54) is 25.7 Å². The zero-order chi connectivity index (χ0) is 8.10. The van der Waals surface area contributed by atoms with Gasteiger partial charge in [-0.05, 0) is 44.6 Å². The lowest BCUT2D eigenvalue weighted by atomic mass is 9.99. The van der Waals surface area contributed by atoms with Crippen molar-refractivity contribution in [2.24, 2.45) is 11.7 Å². The van der Waals surface area contributed by atoms with Crippen molar-refractivity contribution >= 4 is 0 Å². The fourth-order valence-corrected chi connectivity index (χ4v) is 1.95. The van der Waals surface area contributed by atoms with E-state index in [2.05, 4.69) is 13.0 Å². The maximum absolute atomic E-state index is 5.45. The van der Waals surface area contributed by atoms with Crippen LogP contribution in [0, 0.1) is 5.92 Å². The van der Waals surface area contributed by atoms with Crippen molar-refractivity contribution < 1.29 is 0 Å². The van der Waals surface area contributed by atoms with Gasteiger partial charge in [-0.15, -0.1) is 0 Å². The van der Waals surface area contributed by atoms with E-state index in [0.29, 0.717) is 0 Å². The van der Waals surface area contributed by atoms with Crippen LogP contribution < -0.4 is 5.73 Å². The van der Waals surface area contributed by atoms with Crippen LogP contribution in [0.3, 0.4) is 0 Å². The van der Waals surface area contributed by atoms with Crippen molar-refractivity contribution in [1.29, 1.82) is 0 Å². The molecule has 1 fully saturated rings. The average molecular weight is 153 g/mol. The van der Waals surface area contributed by atoms with Crippen LogP contribution in [0.15, 0.2) is 11.6 Å². The SMILES string of the molecule is CCC1CCC/C1=C\CCN. The Hall–Kier alpha value is -0.300. The molecule has 1 rings (SSSR count). The molecule has 0 bridgehead atoms. The van der Waals surface area contributed by atoms with Gasteiger partial charge in [-0.25, -0.2) is 0 Å². The molecule has 0 saturated heterocycles. The van der Waals surface area contributed by atoms with Crippen molar-refractivity contribution in [3.8, 4) is 0 Å². The van der Waals surface area contributed by atoms with Crippen LogP contribution in [0.4, 0.5) is 0 Å². The van der Waals surface area contributed by atoms with Crippen LogP contribution in [-0.2, 0) is 0 Å². The predicted molar refractivity (Wildman–Crippen MR) is 49.4 cm³/mol. The molecule has 0 heterocycles. The van der Waals surface area contributed by atoms with Crippen molar-refractivity contribution in [3.63, 3.8) is 0 Å². The molecule has 2 N–H and O–H groups in total. The lowest BCUT2D eigenvalue weighted by molar-refractivity contribution is 0.604. The zero-order valence-corrected chi connectivity index (χ0v) is 7.47. The Kier molecular flexibility index (Phi) is 3.64. The van der Waals surface area contributed by atoms with Crippen LogP contribution in [0.1, 0.15) is 39.0 Å². The molecule has 1 aliphatic carbocycles. The Morgan fingerprint density at radius 1 is 1.64 bits per heavy atom. The summed E-state index contributed by atoms with van der Waals surface area (Å²) in [7, 11) is 0. The number of hydrogen-bond acceptors (Lipinski definition) is 1. The second-order valence-electron chi connectivity index (χ2n) is 3.35. The van der Waals surface area contributed by atoms with Crippen LogP contribution in [-0.4, -0.2) is 6.54 Å². The number of allylic oxidation sites excluding steroid dienone is 1. The van der Waals surface area contributed by atoms with E-state index in [9.17, 15) is 0 Å². The Morgan fingerprint density at radius 2 is 2.45 bits per heavy atom. The number of rotatable bonds is 3. The van der Waals surface area contributed by atoms with Gasteiger partial charge in [0.1, 0.15) is 0 Å². The minimum Gasteiger partial charge on any atom is -0.330 e. The van der Waals surface area contributed by atoms with Crippen LogP contribution in [0.25, 0.3) is 0 Å². The van der Waals surface area contributed by atoms with Crippen LogP contribution in [0.5, 0.6) is 0 Å². The van der Waals surface area contributed by atoms with Gasteiger partial charge < -0.3 is 5.73 Å². The molecule has 0 aromatic heterocycles. The summed E-state index contributed by atoms with van der Waals surface area (Å²) in [5.41, 5.74) is 7.13. The third-order valence-electron chi connectivity index (χ3n) is 2.61. The molecule has 1 nitrogen and oxygen atoms in total. The summed E-state index contributed by atoms with van der Waals surface area (Å²) < 4.78 is 0. The van der Waals surface area contributed by atoms with E-state index in [0.717, 1.165) is 18.9 Å². The van der Waals surface area contributed by atoms with E-state index in [-0.39, 0.29) is 0 Å². The number of hydrogen-bond donors (Lipinski definition) is 1. The maximum atomic E-state index is 5.45. The quantitative estimate of drug-likeness (QED) is 0.619. The van der Waals surface area contributed by atoms with E-state index in [4.69, 9.17) is 5.73 Å². The molecular weight excluding hydrogens is 134 g/mol. The summed E-state index contributed by atoms with van der Waals surface area (Å²) in [6, 6.07) is 0. The minimum atomic E-state index is 0.805. The molecule has 0 aromatic carbocycles. The first-order valence-corrected chi connectivity index (χ1v) is 4.77. The summed E-state index contributed by atoms with van der Waals surface area (Å²) in [6.07, 6.45) is 8.89. The van der Waals surface area contributed by atoms with Crippen LogP contribution >= 0.6 is 0 Å². The maximum Gasteiger partial charge on any atom is -0.00425 e. The Morgan fingerprint density at radius 3 is 3.09 bits per heavy atom. The topological polar surface area (TPSA) is 26.0 Å². The normalized spacial score (nSPS) is 28.2. The summed E-state index contributed by atoms with van der Waals surface area (Å²) in [5, 5.41) is 0. The van der Waals surface area contributed by atoms with Crippen LogP contribution in [0.2, 0.25) is 0 Å². The third kappa shape index (κ3) is 2.33. The second kappa shape index (κ2) is 4.55.